The first-order valence-corrected chi connectivity index (χ1v) is 9.49. The number of benzene rings is 2. The first-order chi connectivity index (χ1) is 11.3. The second-order valence-corrected chi connectivity index (χ2v) is 8.38. The van der Waals surface area contributed by atoms with Crippen LogP contribution in [0.2, 0.25) is 0 Å². The summed E-state index contributed by atoms with van der Waals surface area (Å²) in [6, 6.07) is 11.8. The minimum absolute atomic E-state index is 0.00676. The van der Waals surface area contributed by atoms with Crippen molar-refractivity contribution in [2.24, 2.45) is 0 Å². The van der Waals surface area contributed by atoms with Gasteiger partial charge in [-0.1, -0.05) is 0 Å². The van der Waals surface area contributed by atoms with Crippen LogP contribution < -0.4 is 0 Å². The summed E-state index contributed by atoms with van der Waals surface area (Å²) >= 11 is -0.00676. The van der Waals surface area contributed by atoms with Gasteiger partial charge in [0.2, 0.25) is 0 Å². The van der Waals surface area contributed by atoms with E-state index in [1.807, 2.05) is 12.1 Å². The minimum atomic E-state index is -5.84. The van der Waals surface area contributed by atoms with E-state index in [4.69, 9.17) is 13.0 Å². The van der Waals surface area contributed by atoms with Crippen molar-refractivity contribution in [2.75, 3.05) is 0 Å². The third-order valence-electron chi connectivity index (χ3n) is 3.00. The Morgan fingerprint density at radius 1 is 0.840 bits per heavy atom. The van der Waals surface area contributed by atoms with E-state index in [0.29, 0.717) is 5.39 Å². The number of hydrogen-bond donors (Lipinski definition) is 1. The average molecular weight is 449 g/mol. The molecule has 1 N–H and O–H groups in total. The Morgan fingerprint density at radius 2 is 1.36 bits per heavy atom. The van der Waals surface area contributed by atoms with Crippen molar-refractivity contribution in [3.8, 4) is 0 Å². The molecule has 0 fully saturated rings. The zero-order chi connectivity index (χ0) is 19.0. The predicted octanol–water partition coefficient (Wildman–Crippen LogP) is 4.46. The fourth-order valence-corrected chi connectivity index (χ4v) is 4.39. The van der Waals surface area contributed by atoms with Gasteiger partial charge in [-0.25, -0.2) is 0 Å². The van der Waals surface area contributed by atoms with Crippen molar-refractivity contribution in [1.29, 1.82) is 0 Å². The molecule has 3 nitrogen and oxygen atoms in total. The molecule has 1 heterocycles. The maximum Gasteiger partial charge on any atom is 0.522 e. The molecule has 0 aliphatic carbocycles. The Morgan fingerprint density at radius 3 is 1.88 bits per heavy atom. The molecular weight excluding hydrogens is 441 g/mol. The molecule has 0 aliphatic heterocycles. The van der Waals surface area contributed by atoms with Gasteiger partial charge in [0.25, 0.3) is 0 Å². The van der Waals surface area contributed by atoms with Crippen LogP contribution in [0.25, 0.3) is 19.3 Å². The predicted molar refractivity (Wildman–Crippen MR) is 81.0 cm³/mol. The summed E-state index contributed by atoms with van der Waals surface area (Å²) in [4.78, 5) is 0. The van der Waals surface area contributed by atoms with Crippen LogP contribution in [-0.4, -0.2) is 33.0 Å². The summed E-state index contributed by atoms with van der Waals surface area (Å²) in [6.07, 6.45) is -4.28. The van der Waals surface area contributed by atoms with Crippen LogP contribution in [0.15, 0.2) is 42.5 Å². The van der Waals surface area contributed by atoms with E-state index in [1.165, 1.54) is 6.07 Å². The Bertz CT molecular complexity index is 1000. The van der Waals surface area contributed by atoms with E-state index in [9.17, 15) is 26.3 Å². The zero-order valence-electron chi connectivity index (χ0n) is 11.9. The van der Waals surface area contributed by atoms with Gasteiger partial charge >= 0.3 is 117 Å². The maximum atomic E-state index is 12.9. The van der Waals surface area contributed by atoms with Crippen LogP contribution in [0.4, 0.5) is 26.3 Å². The van der Waals surface area contributed by atoms with E-state index in [1.54, 1.807) is 18.2 Å². The minimum Gasteiger partial charge on any atom is -0.279 e. The van der Waals surface area contributed by atoms with E-state index in [2.05, 4.69) is 0 Å². The molecule has 0 radical (unpaired) electrons. The fourth-order valence-electron chi connectivity index (χ4n) is 2.01. The van der Waals surface area contributed by atoms with Crippen molar-refractivity contribution in [2.45, 2.75) is 11.7 Å². The Labute approximate surface area is 143 Å². The van der Waals surface area contributed by atoms with Gasteiger partial charge in [-0.05, 0) is 0 Å². The summed E-state index contributed by atoms with van der Waals surface area (Å²) in [7, 11) is -5.84. The van der Waals surface area contributed by atoms with Crippen LogP contribution in [0.3, 0.4) is 0 Å². The van der Waals surface area contributed by atoms with Crippen LogP contribution in [0, 0.1) is 0 Å². The second kappa shape index (κ2) is 6.64. The number of fused-ring (bicyclic) bond motifs is 3. The molecule has 3 rings (SSSR count). The smallest absolute Gasteiger partial charge is 0.279 e. The first kappa shape index (κ1) is 19.8. The molecule has 0 unspecified atom stereocenters. The van der Waals surface area contributed by atoms with E-state index < -0.39 is 27.4 Å². The van der Waals surface area contributed by atoms with Crippen LogP contribution >= 0.6 is 0 Å². The second-order valence-electron chi connectivity index (χ2n) is 4.70. The van der Waals surface area contributed by atoms with Gasteiger partial charge in [-0.3, -0.25) is 4.55 Å². The average Bonchev–Trinajstić information content (AvgIpc) is 2.83. The maximum absolute atomic E-state index is 12.9. The van der Waals surface area contributed by atoms with E-state index in [-0.39, 0.29) is 14.5 Å². The molecule has 1 aromatic heterocycles. The summed E-state index contributed by atoms with van der Waals surface area (Å²) in [5.74, 6) is 0. The van der Waals surface area contributed by atoms with Crippen LogP contribution in [-0.2, 0) is 16.3 Å². The van der Waals surface area contributed by atoms with Crippen molar-refractivity contribution in [1.82, 2.24) is 0 Å². The third kappa shape index (κ3) is 4.35. The SMILES string of the molecule is FC(F)(F)c1cccc2[se]c3ccccc3c12.O=S(=O)(O)C(F)(F)F. The largest absolute Gasteiger partial charge is 0.522 e. The quantitative estimate of drug-likeness (QED) is 0.239. The molecule has 0 spiro atoms. The molecule has 0 saturated carbocycles. The van der Waals surface area contributed by atoms with Crippen LogP contribution in [0.1, 0.15) is 5.56 Å². The monoisotopic (exact) mass is 450 g/mol. The van der Waals surface area contributed by atoms with Gasteiger partial charge < -0.3 is 0 Å². The summed E-state index contributed by atoms with van der Waals surface area (Å²) < 4.78 is 98.2. The van der Waals surface area contributed by atoms with Crippen molar-refractivity contribution >= 4 is 43.9 Å². The molecule has 25 heavy (non-hydrogen) atoms. The molecular formula is C14H8F6O3SSe. The standard InChI is InChI=1S/C13H7F3Se.CHF3O3S/c14-13(15,16)9-5-3-7-11-12(9)8-4-1-2-6-10(8)17-11;2-1(3,4)8(5,6)7/h1-7H;(H,5,6,7). The molecule has 0 amide bonds. The molecule has 2 aromatic carbocycles. The fraction of sp³-hybridized carbons (Fsp3) is 0.143. The van der Waals surface area contributed by atoms with Gasteiger partial charge in [0.05, 0.1) is 0 Å². The summed E-state index contributed by atoms with van der Waals surface area (Å²) in [5.41, 5.74) is -6.05. The van der Waals surface area contributed by atoms with Gasteiger partial charge in [0.1, 0.15) is 0 Å². The first-order valence-electron chi connectivity index (χ1n) is 6.33. The van der Waals surface area contributed by atoms with Gasteiger partial charge in [-0.15, -0.1) is 0 Å². The van der Waals surface area contributed by atoms with E-state index in [0.717, 1.165) is 20.0 Å². The topological polar surface area (TPSA) is 54.4 Å². The third-order valence-corrected chi connectivity index (χ3v) is 5.97. The summed E-state index contributed by atoms with van der Waals surface area (Å²) in [6.45, 7) is 0. The van der Waals surface area contributed by atoms with Crippen molar-refractivity contribution in [3.63, 3.8) is 0 Å². The normalized spacial score (nSPS) is 12.9. The number of rotatable bonds is 0. The van der Waals surface area contributed by atoms with E-state index >= 15 is 0 Å². The Kier molecular flexibility index (Phi) is 5.25. The molecule has 0 atom stereocenters. The number of hydrogen-bond acceptors (Lipinski definition) is 2. The molecule has 136 valence electrons. The van der Waals surface area contributed by atoms with Gasteiger partial charge in [0.15, 0.2) is 0 Å². The Hall–Kier alpha value is -1.55. The van der Waals surface area contributed by atoms with Crippen LogP contribution in [0.5, 0.6) is 0 Å². The molecule has 0 saturated heterocycles. The number of halogens is 6. The number of alkyl halides is 6. The van der Waals surface area contributed by atoms with Crippen molar-refractivity contribution in [3.05, 3.63) is 48.0 Å². The molecule has 3 aromatic rings. The Balaban J connectivity index is 0.000000242. The van der Waals surface area contributed by atoms with Gasteiger partial charge in [0, 0.05) is 0 Å². The van der Waals surface area contributed by atoms with Crippen molar-refractivity contribution < 1.29 is 39.3 Å². The van der Waals surface area contributed by atoms with Gasteiger partial charge in [-0.2, -0.15) is 21.6 Å². The summed E-state index contributed by atoms with van der Waals surface area (Å²) in [5, 5.41) is 1.13. The molecule has 0 bridgehead atoms. The molecule has 11 heteroatoms. The zero-order valence-corrected chi connectivity index (χ0v) is 14.4. The molecule has 0 aliphatic rings.